The van der Waals surface area contributed by atoms with Gasteiger partial charge in [0.25, 0.3) is 5.91 Å². The molecule has 118 valence electrons. The molecule has 1 spiro atoms. The van der Waals surface area contributed by atoms with Crippen molar-refractivity contribution in [3.63, 3.8) is 0 Å². The van der Waals surface area contributed by atoms with Crippen LogP contribution in [-0.2, 0) is 6.54 Å². The zero-order valence-electron chi connectivity index (χ0n) is 12.8. The van der Waals surface area contributed by atoms with E-state index in [0.717, 1.165) is 30.6 Å². The highest BCUT2D eigenvalue weighted by molar-refractivity contribution is 7.07. The molecule has 0 saturated carbocycles. The molecule has 2 saturated heterocycles. The first-order chi connectivity index (χ1) is 11.3. The Bertz CT molecular complexity index is 759. The average Bonchev–Trinajstić information content (AvgIpc) is 3.24. The lowest BCUT2D eigenvalue weighted by Gasteiger charge is -2.43. The van der Waals surface area contributed by atoms with Crippen LogP contribution in [0.3, 0.4) is 0 Å². The molecule has 2 N–H and O–H groups in total. The lowest BCUT2D eigenvalue weighted by molar-refractivity contribution is 0.0870. The molecule has 3 aliphatic heterocycles. The van der Waals surface area contributed by atoms with E-state index in [1.807, 2.05) is 24.3 Å². The third-order valence-electron chi connectivity index (χ3n) is 5.58. The normalized spacial score (nSPS) is 31.9. The van der Waals surface area contributed by atoms with Crippen LogP contribution in [-0.4, -0.2) is 28.6 Å². The first kappa shape index (κ1) is 13.6. The molecular weight excluding hydrogens is 306 g/mol. The van der Waals surface area contributed by atoms with Crippen molar-refractivity contribution in [2.75, 3.05) is 5.32 Å². The van der Waals surface area contributed by atoms with Crippen LogP contribution in [0.15, 0.2) is 41.1 Å². The van der Waals surface area contributed by atoms with E-state index in [2.05, 4.69) is 32.4 Å². The highest BCUT2D eigenvalue weighted by Crippen LogP contribution is 2.47. The summed E-state index contributed by atoms with van der Waals surface area (Å²) >= 11 is 1.75. The van der Waals surface area contributed by atoms with Gasteiger partial charge in [0.1, 0.15) is 5.66 Å². The zero-order chi connectivity index (χ0) is 15.4. The van der Waals surface area contributed by atoms with Crippen molar-refractivity contribution < 1.29 is 4.79 Å². The Labute approximate surface area is 139 Å². The van der Waals surface area contributed by atoms with Gasteiger partial charge in [0, 0.05) is 24.7 Å². The monoisotopic (exact) mass is 325 g/mol. The number of para-hydroxylation sites is 1. The van der Waals surface area contributed by atoms with E-state index in [1.165, 1.54) is 12.0 Å². The molecule has 23 heavy (non-hydrogen) atoms. The summed E-state index contributed by atoms with van der Waals surface area (Å²) in [6.07, 6.45) is 3.36. The summed E-state index contributed by atoms with van der Waals surface area (Å²) in [5, 5.41) is 11.3. The van der Waals surface area contributed by atoms with Crippen LogP contribution in [0.5, 0.6) is 0 Å². The van der Waals surface area contributed by atoms with Gasteiger partial charge in [-0.15, -0.1) is 0 Å². The Morgan fingerprint density at radius 2 is 2.13 bits per heavy atom. The maximum Gasteiger partial charge on any atom is 0.255 e. The van der Waals surface area contributed by atoms with Gasteiger partial charge < -0.3 is 10.6 Å². The Morgan fingerprint density at radius 3 is 3.00 bits per heavy atom. The quantitative estimate of drug-likeness (QED) is 0.892. The number of hydrogen-bond donors (Lipinski definition) is 2. The zero-order valence-corrected chi connectivity index (χ0v) is 13.6. The molecular formula is C18H19N3OS. The van der Waals surface area contributed by atoms with Gasteiger partial charge in [-0.05, 0) is 47.4 Å². The lowest BCUT2D eigenvalue weighted by atomic mass is 9.86. The largest absolute Gasteiger partial charge is 0.361 e. The lowest BCUT2D eigenvalue weighted by Crippen LogP contribution is -2.64. The van der Waals surface area contributed by atoms with E-state index in [0.29, 0.717) is 12.1 Å². The summed E-state index contributed by atoms with van der Waals surface area (Å²) < 4.78 is 0. The summed E-state index contributed by atoms with van der Waals surface area (Å²) in [6, 6.07) is 10.9. The standard InChI is InChI=1S/C18H19N3OS/c22-17-14-3-1-2-4-15(14)19-18(20-17)9-13-5-6-16(18)21(13)10-12-7-8-23-11-12/h1-4,7-8,11,13,16,19H,5-6,9-10H2,(H,20,22)/t13-,16-,18+/m0/s1. The molecule has 1 aromatic carbocycles. The molecule has 1 aromatic heterocycles. The molecule has 2 fully saturated rings. The number of hydrogen-bond acceptors (Lipinski definition) is 4. The Balaban J connectivity index is 1.47. The van der Waals surface area contributed by atoms with Crippen LogP contribution in [0.2, 0.25) is 0 Å². The number of thiophene rings is 1. The molecule has 5 rings (SSSR count). The van der Waals surface area contributed by atoms with E-state index in [4.69, 9.17) is 0 Å². The summed E-state index contributed by atoms with van der Waals surface area (Å²) in [5.74, 6) is 0.0578. The number of rotatable bonds is 2. The molecule has 2 aromatic rings. The Hall–Kier alpha value is -1.85. The van der Waals surface area contributed by atoms with E-state index in [1.54, 1.807) is 11.3 Å². The predicted octanol–water partition coefficient (Wildman–Crippen LogP) is 3.04. The van der Waals surface area contributed by atoms with Crippen LogP contribution in [0.4, 0.5) is 5.69 Å². The molecule has 3 atom stereocenters. The molecule has 3 aliphatic rings. The number of fused-ring (bicyclic) bond motifs is 4. The van der Waals surface area contributed by atoms with Crippen molar-refractivity contribution >= 4 is 22.9 Å². The first-order valence-corrected chi connectivity index (χ1v) is 9.16. The summed E-state index contributed by atoms with van der Waals surface area (Å²) in [7, 11) is 0. The van der Waals surface area contributed by atoms with Gasteiger partial charge in [-0.3, -0.25) is 9.69 Å². The van der Waals surface area contributed by atoms with Gasteiger partial charge in [-0.1, -0.05) is 12.1 Å². The number of carbonyl (C=O) groups excluding carboxylic acids is 1. The number of anilines is 1. The summed E-state index contributed by atoms with van der Waals surface area (Å²) in [4.78, 5) is 15.2. The molecule has 1 amide bonds. The third-order valence-corrected chi connectivity index (χ3v) is 6.31. The van der Waals surface area contributed by atoms with Gasteiger partial charge in [0.15, 0.2) is 0 Å². The Kier molecular flexibility index (Phi) is 2.85. The second-order valence-electron chi connectivity index (χ2n) is 6.85. The number of nitrogens with zero attached hydrogens (tertiary/aromatic N) is 1. The van der Waals surface area contributed by atoms with Crippen molar-refractivity contribution in [2.45, 2.75) is 43.6 Å². The highest BCUT2D eigenvalue weighted by Gasteiger charge is 2.58. The molecule has 5 heteroatoms. The fraction of sp³-hybridized carbons (Fsp3) is 0.389. The first-order valence-electron chi connectivity index (χ1n) is 8.22. The molecule has 0 radical (unpaired) electrons. The maximum absolute atomic E-state index is 12.6. The van der Waals surface area contributed by atoms with E-state index < -0.39 is 0 Å². The van der Waals surface area contributed by atoms with Gasteiger partial charge in [0.05, 0.1) is 11.6 Å². The van der Waals surface area contributed by atoms with Crippen LogP contribution in [0.25, 0.3) is 0 Å². The van der Waals surface area contributed by atoms with Gasteiger partial charge >= 0.3 is 0 Å². The van der Waals surface area contributed by atoms with Crippen molar-refractivity contribution in [2.24, 2.45) is 0 Å². The minimum atomic E-state index is -0.301. The van der Waals surface area contributed by atoms with Crippen LogP contribution >= 0.6 is 11.3 Å². The highest BCUT2D eigenvalue weighted by atomic mass is 32.1. The summed E-state index contributed by atoms with van der Waals surface area (Å²) in [6.45, 7) is 0.986. The van der Waals surface area contributed by atoms with E-state index in [9.17, 15) is 4.79 Å². The topological polar surface area (TPSA) is 44.4 Å². The molecule has 4 heterocycles. The van der Waals surface area contributed by atoms with Crippen LogP contribution in [0, 0.1) is 0 Å². The summed E-state index contributed by atoms with van der Waals surface area (Å²) in [5.41, 5.74) is 2.81. The van der Waals surface area contributed by atoms with E-state index in [-0.39, 0.29) is 11.6 Å². The van der Waals surface area contributed by atoms with Crippen molar-refractivity contribution in [1.82, 2.24) is 10.2 Å². The number of amides is 1. The third kappa shape index (κ3) is 1.96. The van der Waals surface area contributed by atoms with Crippen LogP contribution in [0.1, 0.15) is 35.2 Å². The number of benzene rings is 1. The molecule has 0 unspecified atom stereocenters. The molecule has 2 bridgehead atoms. The Morgan fingerprint density at radius 1 is 1.22 bits per heavy atom. The van der Waals surface area contributed by atoms with Crippen molar-refractivity contribution in [1.29, 1.82) is 0 Å². The molecule has 0 aliphatic carbocycles. The second kappa shape index (κ2) is 4.82. The second-order valence-corrected chi connectivity index (χ2v) is 7.63. The van der Waals surface area contributed by atoms with Gasteiger partial charge in [-0.25, -0.2) is 0 Å². The van der Waals surface area contributed by atoms with Crippen molar-refractivity contribution in [3.05, 3.63) is 52.2 Å². The minimum Gasteiger partial charge on any atom is -0.361 e. The van der Waals surface area contributed by atoms with Gasteiger partial charge in [-0.2, -0.15) is 11.3 Å². The SMILES string of the molecule is O=C1N[C@@]2(C[C@@H]3CC[C@@H]2N3Cc2ccsc2)Nc2ccccc21. The molecule has 4 nitrogen and oxygen atoms in total. The van der Waals surface area contributed by atoms with Crippen LogP contribution < -0.4 is 10.6 Å². The minimum absolute atomic E-state index is 0.0578. The average molecular weight is 325 g/mol. The van der Waals surface area contributed by atoms with E-state index >= 15 is 0 Å². The maximum atomic E-state index is 12.6. The fourth-order valence-electron chi connectivity index (χ4n) is 4.63. The van der Waals surface area contributed by atoms with Crippen molar-refractivity contribution in [3.8, 4) is 0 Å². The smallest absolute Gasteiger partial charge is 0.255 e. The predicted molar refractivity (Wildman–Crippen MR) is 91.6 cm³/mol. The fourth-order valence-corrected chi connectivity index (χ4v) is 5.29. The van der Waals surface area contributed by atoms with Gasteiger partial charge in [0.2, 0.25) is 0 Å². The number of nitrogens with one attached hydrogen (secondary N) is 2. The number of carbonyl (C=O) groups is 1.